The number of carbonyl (C=O) groups is 1. The summed E-state index contributed by atoms with van der Waals surface area (Å²) in [5, 5.41) is 10.8. The number of thiazole rings is 1. The lowest BCUT2D eigenvalue weighted by Crippen LogP contribution is -2.34. The number of aromatic nitrogens is 1. The Kier molecular flexibility index (Phi) is 3.60. The summed E-state index contributed by atoms with van der Waals surface area (Å²) in [5.74, 6) is 0.000811. The molecule has 0 saturated heterocycles. The molecule has 0 bridgehead atoms. The smallest absolute Gasteiger partial charge is 0.269 e. The minimum Gasteiger partial charge on any atom is -0.307 e. The molecule has 3 rings (SSSR count). The van der Waals surface area contributed by atoms with Crippen molar-refractivity contribution < 1.29 is 9.72 Å². The molecule has 2 heterocycles. The Hall–Kier alpha value is -1.99. The number of nitrogens with zero attached hydrogens (tertiary/aromatic N) is 3. The van der Waals surface area contributed by atoms with Gasteiger partial charge in [0.15, 0.2) is 4.47 Å². The average Bonchev–Trinajstić information content (AvgIpc) is 2.87. The predicted molar refractivity (Wildman–Crippen MR) is 79.7 cm³/mol. The molecule has 0 saturated carbocycles. The molecular formula is C13H10ClN3O3S. The molecule has 0 N–H and O–H groups in total. The van der Waals surface area contributed by atoms with Crippen molar-refractivity contribution in [1.29, 1.82) is 0 Å². The first-order valence-corrected chi connectivity index (χ1v) is 7.42. The molecule has 0 fully saturated rings. The van der Waals surface area contributed by atoms with E-state index in [-0.39, 0.29) is 11.6 Å². The summed E-state index contributed by atoms with van der Waals surface area (Å²) >= 11 is 7.12. The van der Waals surface area contributed by atoms with E-state index in [0.717, 1.165) is 16.1 Å². The maximum atomic E-state index is 12.1. The number of hydrogen-bond donors (Lipinski definition) is 0. The summed E-state index contributed by atoms with van der Waals surface area (Å²) in [5.41, 5.74) is 1.59. The van der Waals surface area contributed by atoms with E-state index in [9.17, 15) is 14.9 Å². The van der Waals surface area contributed by atoms with Gasteiger partial charge in [-0.1, -0.05) is 11.6 Å². The number of aryl methyl sites for hydroxylation is 1. The first-order valence-electron chi connectivity index (χ1n) is 6.22. The van der Waals surface area contributed by atoms with E-state index in [1.54, 1.807) is 17.2 Å². The van der Waals surface area contributed by atoms with Gasteiger partial charge in [-0.3, -0.25) is 14.9 Å². The fourth-order valence-corrected chi connectivity index (χ4v) is 3.31. The van der Waals surface area contributed by atoms with E-state index < -0.39 is 4.92 Å². The lowest BCUT2D eigenvalue weighted by atomic mass is 10.0. The van der Waals surface area contributed by atoms with E-state index in [2.05, 4.69) is 4.98 Å². The van der Waals surface area contributed by atoms with E-state index in [4.69, 9.17) is 11.6 Å². The van der Waals surface area contributed by atoms with Crippen LogP contribution in [0.3, 0.4) is 0 Å². The molecule has 1 aromatic carbocycles. The highest BCUT2D eigenvalue weighted by atomic mass is 35.5. The molecule has 0 unspecified atom stereocenters. The van der Waals surface area contributed by atoms with Crippen molar-refractivity contribution in [2.75, 3.05) is 4.90 Å². The summed E-state index contributed by atoms with van der Waals surface area (Å²) in [4.78, 5) is 29.0. The highest BCUT2D eigenvalue weighted by molar-refractivity contribution is 7.15. The van der Waals surface area contributed by atoms with E-state index in [0.29, 0.717) is 23.9 Å². The first-order chi connectivity index (χ1) is 10.0. The monoisotopic (exact) mass is 323 g/mol. The zero-order chi connectivity index (χ0) is 15.0. The lowest BCUT2D eigenvalue weighted by molar-refractivity contribution is -0.384. The third kappa shape index (κ3) is 2.74. The van der Waals surface area contributed by atoms with Crippen molar-refractivity contribution in [2.24, 2.45) is 0 Å². The Balaban J connectivity index is 1.95. The van der Waals surface area contributed by atoms with Gasteiger partial charge in [0.2, 0.25) is 5.91 Å². The molecule has 21 heavy (non-hydrogen) atoms. The largest absolute Gasteiger partial charge is 0.307 e. The van der Waals surface area contributed by atoms with Crippen molar-refractivity contribution in [2.45, 2.75) is 19.4 Å². The Morgan fingerprint density at radius 3 is 2.90 bits per heavy atom. The van der Waals surface area contributed by atoms with Crippen molar-refractivity contribution in [3.8, 4) is 0 Å². The second-order valence-corrected chi connectivity index (χ2v) is 6.33. The number of carbonyl (C=O) groups excluding carboxylic acids is 1. The Morgan fingerprint density at radius 1 is 1.43 bits per heavy atom. The van der Waals surface area contributed by atoms with Crippen LogP contribution in [0.15, 0.2) is 24.4 Å². The SMILES string of the molecule is O=C1CCc2cc([N+](=O)[O-])ccc2N1Cc1cnc(Cl)s1. The second-order valence-electron chi connectivity index (χ2n) is 4.63. The average molecular weight is 324 g/mol. The number of benzene rings is 1. The van der Waals surface area contributed by atoms with E-state index >= 15 is 0 Å². The molecule has 0 radical (unpaired) electrons. The van der Waals surface area contributed by atoms with Gasteiger partial charge in [-0.2, -0.15) is 0 Å². The van der Waals surface area contributed by atoms with Crippen LogP contribution < -0.4 is 4.90 Å². The van der Waals surface area contributed by atoms with Crippen LogP contribution in [0.1, 0.15) is 16.9 Å². The first kappa shape index (κ1) is 14.0. The quantitative estimate of drug-likeness (QED) is 0.642. The molecule has 1 aromatic heterocycles. The Labute approximate surface area is 129 Å². The van der Waals surface area contributed by atoms with Crippen LogP contribution in [0.25, 0.3) is 0 Å². The fourth-order valence-electron chi connectivity index (χ4n) is 2.35. The highest BCUT2D eigenvalue weighted by Crippen LogP contribution is 2.33. The van der Waals surface area contributed by atoms with Crippen molar-refractivity contribution in [1.82, 2.24) is 4.98 Å². The van der Waals surface area contributed by atoms with E-state index in [1.165, 1.54) is 23.5 Å². The van der Waals surface area contributed by atoms with Crippen LogP contribution in [-0.4, -0.2) is 15.8 Å². The molecule has 1 amide bonds. The normalized spacial score (nSPS) is 14.1. The van der Waals surface area contributed by atoms with Gasteiger partial charge in [0.05, 0.1) is 11.5 Å². The Bertz CT molecular complexity index is 731. The van der Waals surface area contributed by atoms with Gasteiger partial charge in [-0.05, 0) is 18.1 Å². The van der Waals surface area contributed by atoms with Gasteiger partial charge in [0.25, 0.3) is 5.69 Å². The summed E-state index contributed by atoms with van der Waals surface area (Å²) in [7, 11) is 0. The topological polar surface area (TPSA) is 76.3 Å². The molecule has 108 valence electrons. The number of hydrogen-bond acceptors (Lipinski definition) is 5. The van der Waals surface area contributed by atoms with Crippen LogP contribution in [0, 0.1) is 10.1 Å². The van der Waals surface area contributed by atoms with Gasteiger partial charge >= 0.3 is 0 Å². The van der Waals surface area contributed by atoms with Crippen LogP contribution in [0.2, 0.25) is 4.47 Å². The molecule has 0 spiro atoms. The number of halogens is 1. The zero-order valence-corrected chi connectivity index (χ0v) is 12.4. The van der Waals surface area contributed by atoms with Crippen LogP contribution >= 0.6 is 22.9 Å². The summed E-state index contributed by atoms with van der Waals surface area (Å²) in [6.07, 6.45) is 2.51. The molecule has 1 aliphatic rings. The molecule has 2 aromatic rings. The number of nitro benzene ring substituents is 1. The minimum atomic E-state index is -0.427. The van der Waals surface area contributed by atoms with Crippen molar-refractivity contribution >= 4 is 40.2 Å². The number of amides is 1. The number of anilines is 1. The minimum absolute atomic E-state index is 0.000811. The van der Waals surface area contributed by atoms with Crippen LogP contribution in [0.4, 0.5) is 11.4 Å². The van der Waals surface area contributed by atoms with Gasteiger partial charge < -0.3 is 4.90 Å². The molecule has 1 aliphatic heterocycles. The van der Waals surface area contributed by atoms with Gasteiger partial charge in [-0.15, -0.1) is 11.3 Å². The summed E-state index contributed by atoms with van der Waals surface area (Å²) in [6, 6.07) is 4.59. The van der Waals surface area contributed by atoms with Gasteiger partial charge in [0.1, 0.15) is 0 Å². The highest BCUT2D eigenvalue weighted by Gasteiger charge is 2.26. The fraction of sp³-hybridized carbons (Fsp3) is 0.231. The third-order valence-corrected chi connectivity index (χ3v) is 4.41. The standard InChI is InChI=1S/C13H10ClN3O3S/c14-13-15-6-10(21-13)7-16-11-3-2-9(17(19)20)5-8(11)1-4-12(16)18/h2-3,5-6H,1,4,7H2. The number of nitro groups is 1. The number of fused-ring (bicyclic) bond motifs is 1. The van der Waals surface area contributed by atoms with Crippen molar-refractivity contribution in [3.63, 3.8) is 0 Å². The maximum absolute atomic E-state index is 12.1. The Morgan fingerprint density at radius 2 is 2.24 bits per heavy atom. The van der Waals surface area contributed by atoms with E-state index in [1.807, 2.05) is 0 Å². The molecule has 8 heteroatoms. The molecule has 0 atom stereocenters. The zero-order valence-electron chi connectivity index (χ0n) is 10.8. The van der Waals surface area contributed by atoms with Crippen LogP contribution in [0.5, 0.6) is 0 Å². The van der Waals surface area contributed by atoms with Crippen molar-refractivity contribution in [3.05, 3.63) is 49.4 Å². The van der Waals surface area contributed by atoms with Gasteiger partial charge in [0, 0.05) is 35.3 Å². The third-order valence-electron chi connectivity index (χ3n) is 3.31. The molecular weight excluding hydrogens is 314 g/mol. The summed E-state index contributed by atoms with van der Waals surface area (Å²) in [6.45, 7) is 0.383. The summed E-state index contributed by atoms with van der Waals surface area (Å²) < 4.78 is 0.429. The molecule has 0 aliphatic carbocycles. The second kappa shape index (κ2) is 5.42. The number of non-ortho nitro benzene ring substituents is 1. The maximum Gasteiger partial charge on any atom is 0.269 e. The number of rotatable bonds is 3. The van der Waals surface area contributed by atoms with Gasteiger partial charge in [-0.25, -0.2) is 4.98 Å². The lowest BCUT2D eigenvalue weighted by Gasteiger charge is -2.28. The predicted octanol–water partition coefficient (Wildman–Crippen LogP) is 3.18. The van der Waals surface area contributed by atoms with Crippen LogP contribution in [-0.2, 0) is 17.8 Å². The molecule has 6 nitrogen and oxygen atoms in total.